The molecule has 0 unspecified atom stereocenters. The first-order valence-electron chi connectivity index (χ1n) is 8.03. The molecule has 1 aliphatic heterocycles. The predicted octanol–water partition coefficient (Wildman–Crippen LogP) is -0.0441. The van der Waals surface area contributed by atoms with Crippen LogP contribution in [0.25, 0.3) is 0 Å². The molecule has 1 fully saturated rings. The number of aromatic nitrogens is 1. The van der Waals surface area contributed by atoms with Gasteiger partial charge in [-0.15, -0.1) is 0 Å². The maximum atomic E-state index is 12.2. The van der Waals surface area contributed by atoms with E-state index in [4.69, 9.17) is 4.74 Å². The fourth-order valence-corrected chi connectivity index (χ4v) is 2.99. The fourth-order valence-electron chi connectivity index (χ4n) is 2.99. The molecule has 0 bridgehead atoms. The van der Waals surface area contributed by atoms with Crippen LogP contribution < -0.4 is 10.9 Å². The van der Waals surface area contributed by atoms with Crippen LogP contribution in [0.15, 0.2) is 10.9 Å². The molecule has 0 saturated carbocycles. The van der Waals surface area contributed by atoms with Crippen molar-refractivity contribution in [2.75, 3.05) is 39.4 Å². The highest BCUT2D eigenvalue weighted by molar-refractivity contribution is 6.01. The molecule has 23 heavy (non-hydrogen) atoms. The average Bonchev–Trinajstić information content (AvgIpc) is 2.55. The molecule has 2 aliphatic rings. The summed E-state index contributed by atoms with van der Waals surface area (Å²) < 4.78 is 5.27. The summed E-state index contributed by atoms with van der Waals surface area (Å²) in [5.41, 5.74) is 0.716. The van der Waals surface area contributed by atoms with Crippen molar-refractivity contribution < 1.29 is 14.3 Å². The second kappa shape index (κ2) is 7.06. The third kappa shape index (κ3) is 3.68. The topological polar surface area (TPSA) is 91.5 Å². The molecule has 0 atom stereocenters. The highest BCUT2D eigenvalue weighted by Crippen LogP contribution is 2.18. The average molecular weight is 319 g/mol. The summed E-state index contributed by atoms with van der Waals surface area (Å²) in [6.07, 6.45) is 1.89. The van der Waals surface area contributed by atoms with Crippen LogP contribution in [0.4, 0.5) is 0 Å². The van der Waals surface area contributed by atoms with Crippen molar-refractivity contribution in [3.05, 3.63) is 33.2 Å². The van der Waals surface area contributed by atoms with Crippen molar-refractivity contribution in [3.63, 3.8) is 0 Å². The number of carbonyl (C=O) groups excluding carboxylic acids is 2. The number of hydrogen-bond acceptors (Lipinski definition) is 5. The Morgan fingerprint density at radius 2 is 2.04 bits per heavy atom. The molecule has 3 rings (SSSR count). The van der Waals surface area contributed by atoms with Crippen LogP contribution in [0.2, 0.25) is 0 Å². The van der Waals surface area contributed by atoms with Crippen LogP contribution in [-0.2, 0) is 11.2 Å². The summed E-state index contributed by atoms with van der Waals surface area (Å²) >= 11 is 0. The molecule has 1 aromatic heterocycles. The molecule has 0 radical (unpaired) electrons. The first kappa shape index (κ1) is 15.9. The van der Waals surface area contributed by atoms with Crippen LogP contribution in [-0.4, -0.2) is 61.0 Å². The summed E-state index contributed by atoms with van der Waals surface area (Å²) in [6.45, 7) is 4.30. The second-order valence-electron chi connectivity index (χ2n) is 5.89. The lowest BCUT2D eigenvalue weighted by molar-refractivity contribution is 0.0383. The number of Topliss-reactive ketones (excluding diaryl/α,β-unsaturated/α-hetero) is 1. The summed E-state index contributed by atoms with van der Waals surface area (Å²) in [4.78, 5) is 41.1. The maximum absolute atomic E-state index is 12.2. The van der Waals surface area contributed by atoms with E-state index in [9.17, 15) is 14.4 Å². The zero-order valence-electron chi connectivity index (χ0n) is 13.0. The Morgan fingerprint density at radius 3 is 2.83 bits per heavy atom. The van der Waals surface area contributed by atoms with Crippen LogP contribution >= 0.6 is 0 Å². The highest BCUT2D eigenvalue weighted by Gasteiger charge is 2.22. The lowest BCUT2D eigenvalue weighted by Gasteiger charge is -2.26. The Balaban J connectivity index is 1.64. The normalized spacial score (nSPS) is 18.5. The summed E-state index contributed by atoms with van der Waals surface area (Å²) in [7, 11) is 0. The number of hydrogen-bond donors (Lipinski definition) is 2. The van der Waals surface area contributed by atoms with Crippen molar-refractivity contribution >= 4 is 11.7 Å². The minimum absolute atomic E-state index is 0.00938. The molecule has 0 spiro atoms. The fraction of sp³-hybridized carbons (Fsp3) is 0.562. The molecule has 2 heterocycles. The lowest BCUT2D eigenvalue weighted by atomic mass is 9.93. The van der Waals surface area contributed by atoms with Crippen LogP contribution in [0.1, 0.15) is 39.3 Å². The monoisotopic (exact) mass is 319 g/mol. The van der Waals surface area contributed by atoms with Gasteiger partial charge in [0.1, 0.15) is 5.56 Å². The molecule has 1 aliphatic carbocycles. The molecule has 1 aromatic rings. The van der Waals surface area contributed by atoms with Gasteiger partial charge in [0, 0.05) is 43.9 Å². The zero-order valence-corrected chi connectivity index (χ0v) is 13.0. The predicted molar refractivity (Wildman–Crippen MR) is 83.9 cm³/mol. The SMILES string of the molecule is O=C1CCCc2[nH]c(=O)c(C(=O)NCCN3CCOCC3)cc21. The molecule has 1 amide bonds. The number of carbonyl (C=O) groups is 2. The van der Waals surface area contributed by atoms with Crippen LogP contribution in [0.5, 0.6) is 0 Å². The number of aryl methyl sites for hydroxylation is 1. The second-order valence-corrected chi connectivity index (χ2v) is 5.89. The van der Waals surface area contributed by atoms with Gasteiger partial charge < -0.3 is 15.0 Å². The van der Waals surface area contributed by atoms with Crippen LogP contribution in [0.3, 0.4) is 0 Å². The molecule has 7 nitrogen and oxygen atoms in total. The van der Waals surface area contributed by atoms with Gasteiger partial charge in [-0.05, 0) is 18.9 Å². The van der Waals surface area contributed by atoms with Crippen molar-refractivity contribution in [1.29, 1.82) is 0 Å². The number of nitrogens with zero attached hydrogens (tertiary/aromatic N) is 1. The molecule has 7 heteroatoms. The largest absolute Gasteiger partial charge is 0.379 e. The van der Waals surface area contributed by atoms with E-state index in [0.29, 0.717) is 43.9 Å². The zero-order chi connectivity index (χ0) is 16.2. The van der Waals surface area contributed by atoms with Gasteiger partial charge in [-0.1, -0.05) is 0 Å². The summed E-state index contributed by atoms with van der Waals surface area (Å²) in [5.74, 6) is -0.439. The number of H-pyrrole nitrogens is 1. The summed E-state index contributed by atoms with van der Waals surface area (Å²) in [6, 6.07) is 1.44. The van der Waals surface area contributed by atoms with Gasteiger partial charge in [-0.25, -0.2) is 0 Å². The van der Waals surface area contributed by atoms with E-state index in [1.807, 2.05) is 0 Å². The first-order chi connectivity index (χ1) is 11.1. The van der Waals surface area contributed by atoms with E-state index in [0.717, 1.165) is 26.1 Å². The van der Waals surface area contributed by atoms with Crippen molar-refractivity contribution in [2.24, 2.45) is 0 Å². The van der Waals surface area contributed by atoms with Gasteiger partial charge in [-0.3, -0.25) is 19.3 Å². The standard InChI is InChI=1S/C16H21N3O4/c20-14-3-1-2-13-11(14)10-12(16(22)18-13)15(21)17-4-5-19-6-8-23-9-7-19/h10H,1-9H2,(H,17,21)(H,18,22). The van der Waals surface area contributed by atoms with Gasteiger partial charge in [0.25, 0.3) is 11.5 Å². The van der Waals surface area contributed by atoms with E-state index >= 15 is 0 Å². The van der Waals surface area contributed by atoms with Gasteiger partial charge >= 0.3 is 0 Å². The smallest absolute Gasteiger partial charge is 0.261 e. The number of rotatable bonds is 4. The number of ketones is 1. The van der Waals surface area contributed by atoms with Crippen LogP contribution in [0, 0.1) is 0 Å². The van der Waals surface area contributed by atoms with E-state index in [-0.39, 0.29) is 11.3 Å². The molecular weight excluding hydrogens is 298 g/mol. The number of nitrogens with one attached hydrogen (secondary N) is 2. The molecule has 1 saturated heterocycles. The number of morpholine rings is 1. The van der Waals surface area contributed by atoms with Gasteiger partial charge in [0.2, 0.25) is 0 Å². The Bertz CT molecular complexity index is 662. The van der Waals surface area contributed by atoms with E-state index in [1.165, 1.54) is 6.07 Å². The number of pyridine rings is 1. The van der Waals surface area contributed by atoms with E-state index in [1.54, 1.807) is 0 Å². The number of fused-ring (bicyclic) bond motifs is 1. The van der Waals surface area contributed by atoms with E-state index < -0.39 is 11.5 Å². The molecular formula is C16H21N3O4. The minimum Gasteiger partial charge on any atom is -0.379 e. The third-order valence-corrected chi connectivity index (χ3v) is 4.32. The Kier molecular flexibility index (Phi) is 4.88. The third-order valence-electron chi connectivity index (χ3n) is 4.32. The summed E-state index contributed by atoms with van der Waals surface area (Å²) in [5, 5.41) is 2.76. The lowest BCUT2D eigenvalue weighted by Crippen LogP contribution is -2.42. The van der Waals surface area contributed by atoms with Crippen molar-refractivity contribution in [2.45, 2.75) is 19.3 Å². The number of ether oxygens (including phenoxy) is 1. The van der Waals surface area contributed by atoms with Gasteiger partial charge in [0.05, 0.1) is 13.2 Å². The molecule has 0 aromatic carbocycles. The quantitative estimate of drug-likeness (QED) is 0.812. The maximum Gasteiger partial charge on any atom is 0.261 e. The highest BCUT2D eigenvalue weighted by atomic mass is 16.5. The van der Waals surface area contributed by atoms with Gasteiger partial charge in [-0.2, -0.15) is 0 Å². The minimum atomic E-state index is -0.430. The Hall–Kier alpha value is -1.99. The van der Waals surface area contributed by atoms with Crippen molar-refractivity contribution in [1.82, 2.24) is 15.2 Å². The molecule has 2 N–H and O–H groups in total. The Morgan fingerprint density at radius 1 is 1.26 bits per heavy atom. The first-order valence-corrected chi connectivity index (χ1v) is 8.03. The molecule has 124 valence electrons. The number of aromatic amines is 1. The Labute approximate surface area is 134 Å². The van der Waals surface area contributed by atoms with E-state index in [2.05, 4.69) is 15.2 Å². The van der Waals surface area contributed by atoms with Crippen molar-refractivity contribution in [3.8, 4) is 0 Å². The van der Waals surface area contributed by atoms with Gasteiger partial charge in [0.15, 0.2) is 5.78 Å². The number of amides is 1.